The second-order valence-electron chi connectivity index (χ2n) is 4.60. The summed E-state index contributed by atoms with van der Waals surface area (Å²) in [6.07, 6.45) is 6.88. The van der Waals surface area contributed by atoms with Crippen molar-refractivity contribution in [3.63, 3.8) is 0 Å². The van der Waals surface area contributed by atoms with Gasteiger partial charge < -0.3 is 9.88 Å². The predicted octanol–water partition coefficient (Wildman–Crippen LogP) is 3.38. The Kier molecular flexibility index (Phi) is 6.60. The highest BCUT2D eigenvalue weighted by Crippen LogP contribution is 2.12. The Balaban J connectivity index is 2.28. The molecule has 0 fully saturated rings. The van der Waals surface area contributed by atoms with Crippen molar-refractivity contribution in [2.45, 2.75) is 46.1 Å². The number of nitrogens with one attached hydrogen (secondary N) is 1. The Labute approximate surface area is 110 Å². The maximum Gasteiger partial charge on any atom is 0.128 e. The molecule has 0 aliphatic rings. The molecule has 0 radical (unpaired) electrons. The molecule has 1 aromatic heterocycles. The van der Waals surface area contributed by atoms with Crippen molar-refractivity contribution in [2.24, 2.45) is 13.0 Å². The molecule has 0 bridgehead atoms. The lowest BCUT2D eigenvalue weighted by Gasteiger charge is -2.15. The number of aromatic nitrogens is 2. The highest BCUT2D eigenvalue weighted by molar-refractivity contribution is 6.29. The highest BCUT2D eigenvalue weighted by Gasteiger charge is 2.07. The van der Waals surface area contributed by atoms with Gasteiger partial charge in [-0.1, -0.05) is 44.7 Å². The van der Waals surface area contributed by atoms with Crippen molar-refractivity contribution in [2.75, 3.05) is 6.54 Å². The van der Waals surface area contributed by atoms with Gasteiger partial charge in [-0.3, -0.25) is 0 Å². The summed E-state index contributed by atoms with van der Waals surface area (Å²) < 4.78 is 1.92. The van der Waals surface area contributed by atoms with Crippen molar-refractivity contribution in [3.8, 4) is 0 Å². The lowest BCUT2D eigenvalue weighted by Crippen LogP contribution is -2.23. The first-order valence-corrected chi connectivity index (χ1v) is 6.93. The molecule has 1 rings (SSSR count). The minimum atomic E-state index is 0.694. The van der Waals surface area contributed by atoms with E-state index in [1.54, 1.807) is 6.20 Å². The average Bonchev–Trinajstić information content (AvgIpc) is 2.65. The van der Waals surface area contributed by atoms with E-state index in [4.69, 9.17) is 11.6 Å². The molecule has 4 heteroatoms. The number of nitrogens with zero attached hydrogens (tertiary/aromatic N) is 2. The van der Waals surface area contributed by atoms with E-state index in [0.717, 1.165) is 24.8 Å². The SMILES string of the molecule is CCCCC(CC)CNCc1ncc(Cl)n1C. The van der Waals surface area contributed by atoms with Crippen molar-refractivity contribution in [3.05, 3.63) is 17.2 Å². The van der Waals surface area contributed by atoms with Crippen LogP contribution in [-0.2, 0) is 13.6 Å². The van der Waals surface area contributed by atoms with E-state index in [-0.39, 0.29) is 0 Å². The Hall–Kier alpha value is -0.540. The first-order valence-electron chi connectivity index (χ1n) is 6.55. The third kappa shape index (κ3) is 4.68. The maximum absolute atomic E-state index is 5.94. The van der Waals surface area contributed by atoms with Gasteiger partial charge in [-0.15, -0.1) is 0 Å². The first kappa shape index (κ1) is 14.5. The lowest BCUT2D eigenvalue weighted by atomic mass is 9.99. The summed E-state index contributed by atoms with van der Waals surface area (Å²) in [6.45, 7) is 6.38. The van der Waals surface area contributed by atoms with Crippen LogP contribution in [0.4, 0.5) is 0 Å². The minimum absolute atomic E-state index is 0.694. The third-order valence-electron chi connectivity index (χ3n) is 3.29. The largest absolute Gasteiger partial charge is 0.321 e. The summed E-state index contributed by atoms with van der Waals surface area (Å²) in [7, 11) is 1.95. The standard InChI is InChI=1S/C13H24ClN3/c1-4-6-7-11(5-2)8-15-10-13-16-9-12(14)17(13)3/h9,11,15H,4-8,10H2,1-3H3. The molecule has 17 heavy (non-hydrogen) atoms. The second kappa shape index (κ2) is 7.72. The summed E-state index contributed by atoms with van der Waals surface area (Å²) in [4.78, 5) is 4.27. The van der Waals surface area contributed by atoms with Crippen LogP contribution in [-0.4, -0.2) is 16.1 Å². The van der Waals surface area contributed by atoms with Crippen LogP contribution in [0.3, 0.4) is 0 Å². The molecule has 0 aliphatic heterocycles. The maximum atomic E-state index is 5.94. The van der Waals surface area contributed by atoms with Crippen LogP contribution in [0.2, 0.25) is 5.15 Å². The van der Waals surface area contributed by atoms with Gasteiger partial charge in [0.25, 0.3) is 0 Å². The zero-order valence-corrected chi connectivity index (χ0v) is 11.9. The number of halogens is 1. The Morgan fingerprint density at radius 3 is 2.76 bits per heavy atom. The molecular formula is C13H24ClN3. The van der Waals surface area contributed by atoms with Gasteiger partial charge >= 0.3 is 0 Å². The molecule has 98 valence electrons. The fraction of sp³-hybridized carbons (Fsp3) is 0.769. The first-order chi connectivity index (χ1) is 8.19. The summed E-state index contributed by atoms with van der Waals surface area (Å²) in [6, 6.07) is 0. The molecule has 0 amide bonds. The molecule has 0 aromatic carbocycles. The molecule has 0 aliphatic carbocycles. The lowest BCUT2D eigenvalue weighted by molar-refractivity contribution is 0.415. The van der Waals surface area contributed by atoms with Gasteiger partial charge in [0.2, 0.25) is 0 Å². The molecule has 1 aromatic rings. The van der Waals surface area contributed by atoms with Gasteiger partial charge in [-0.2, -0.15) is 0 Å². The van der Waals surface area contributed by atoms with Crippen LogP contribution in [0, 0.1) is 5.92 Å². The van der Waals surface area contributed by atoms with E-state index in [9.17, 15) is 0 Å². The number of hydrogen-bond acceptors (Lipinski definition) is 2. The summed E-state index contributed by atoms with van der Waals surface area (Å²) in [5, 5.41) is 4.17. The van der Waals surface area contributed by atoms with E-state index in [2.05, 4.69) is 24.1 Å². The van der Waals surface area contributed by atoms with Gasteiger partial charge in [0, 0.05) is 7.05 Å². The fourth-order valence-electron chi connectivity index (χ4n) is 1.92. The van der Waals surface area contributed by atoms with E-state index >= 15 is 0 Å². The Morgan fingerprint density at radius 2 is 2.24 bits per heavy atom. The molecule has 1 unspecified atom stereocenters. The van der Waals surface area contributed by atoms with Crippen molar-refractivity contribution in [1.82, 2.24) is 14.9 Å². The monoisotopic (exact) mass is 257 g/mol. The number of rotatable bonds is 8. The van der Waals surface area contributed by atoms with E-state index in [0.29, 0.717) is 5.15 Å². The van der Waals surface area contributed by atoms with E-state index in [1.807, 2.05) is 11.6 Å². The third-order valence-corrected chi connectivity index (χ3v) is 3.64. The Morgan fingerprint density at radius 1 is 1.47 bits per heavy atom. The summed E-state index contributed by atoms with van der Waals surface area (Å²) in [5.74, 6) is 1.78. The van der Waals surface area contributed by atoms with Crippen LogP contribution in [0.25, 0.3) is 0 Å². The van der Waals surface area contributed by atoms with Gasteiger partial charge in [-0.25, -0.2) is 4.98 Å². The van der Waals surface area contributed by atoms with Crippen LogP contribution in [0.5, 0.6) is 0 Å². The zero-order valence-electron chi connectivity index (χ0n) is 11.2. The molecular weight excluding hydrogens is 234 g/mol. The van der Waals surface area contributed by atoms with Crippen molar-refractivity contribution in [1.29, 1.82) is 0 Å². The Bertz CT molecular complexity index is 322. The molecule has 0 spiro atoms. The molecule has 1 heterocycles. The van der Waals surface area contributed by atoms with E-state index in [1.165, 1.54) is 25.7 Å². The van der Waals surface area contributed by atoms with Gasteiger partial charge in [0.05, 0.1) is 12.7 Å². The molecule has 0 saturated carbocycles. The summed E-state index contributed by atoms with van der Waals surface area (Å²) >= 11 is 5.94. The predicted molar refractivity (Wildman–Crippen MR) is 73.2 cm³/mol. The van der Waals surface area contributed by atoms with Gasteiger partial charge in [0.1, 0.15) is 11.0 Å². The quantitative estimate of drug-likeness (QED) is 0.774. The molecule has 1 atom stereocenters. The number of imidazole rings is 1. The van der Waals surface area contributed by atoms with Gasteiger partial charge in [0.15, 0.2) is 0 Å². The van der Waals surface area contributed by atoms with E-state index < -0.39 is 0 Å². The van der Waals surface area contributed by atoms with Crippen LogP contribution >= 0.6 is 11.6 Å². The number of unbranched alkanes of at least 4 members (excludes halogenated alkanes) is 1. The normalized spacial score (nSPS) is 12.9. The average molecular weight is 258 g/mol. The highest BCUT2D eigenvalue weighted by atomic mass is 35.5. The molecule has 0 saturated heterocycles. The van der Waals surface area contributed by atoms with Crippen LogP contribution < -0.4 is 5.32 Å². The van der Waals surface area contributed by atoms with Crippen LogP contribution in [0.15, 0.2) is 6.20 Å². The van der Waals surface area contributed by atoms with Gasteiger partial charge in [-0.05, 0) is 18.9 Å². The number of hydrogen-bond donors (Lipinski definition) is 1. The minimum Gasteiger partial charge on any atom is -0.321 e. The topological polar surface area (TPSA) is 29.9 Å². The fourth-order valence-corrected chi connectivity index (χ4v) is 2.07. The van der Waals surface area contributed by atoms with Crippen molar-refractivity contribution >= 4 is 11.6 Å². The van der Waals surface area contributed by atoms with Crippen LogP contribution in [0.1, 0.15) is 45.4 Å². The molecule has 1 N–H and O–H groups in total. The zero-order chi connectivity index (χ0) is 12.7. The summed E-state index contributed by atoms with van der Waals surface area (Å²) in [5.41, 5.74) is 0. The molecule has 3 nitrogen and oxygen atoms in total. The second-order valence-corrected chi connectivity index (χ2v) is 4.99. The smallest absolute Gasteiger partial charge is 0.128 e. The van der Waals surface area contributed by atoms with Crippen molar-refractivity contribution < 1.29 is 0 Å².